The fraction of sp³-hybridized carbons (Fsp3) is 0.391. The lowest BCUT2D eigenvalue weighted by Crippen LogP contribution is -2.33. The molecular weight excluding hydrogens is 1690 g/mol. The van der Waals surface area contributed by atoms with Crippen molar-refractivity contribution in [1.82, 2.24) is 122 Å². The third-order valence-electron chi connectivity index (χ3n) is 23.2. The van der Waals surface area contributed by atoms with Crippen molar-refractivity contribution in [1.29, 1.82) is 0 Å². The largest absolute Gasteiger partial charge is 0.383 e. The number of benzene rings is 3. The number of thiazole rings is 3. The Morgan fingerprint density at radius 1 is 0.421 bits per heavy atom. The van der Waals surface area contributed by atoms with E-state index in [-0.39, 0.29) is 58.2 Å². The van der Waals surface area contributed by atoms with Gasteiger partial charge in [-0.25, -0.2) is 71.2 Å². The molecule has 20 rings (SSSR count). The van der Waals surface area contributed by atoms with E-state index in [0.29, 0.717) is 120 Å². The maximum absolute atomic E-state index is 13.3. The summed E-state index contributed by atoms with van der Waals surface area (Å²) in [5, 5.41) is 42.6. The molecule has 3 aromatic carbocycles. The van der Waals surface area contributed by atoms with Crippen molar-refractivity contribution in [2.24, 2.45) is 51.9 Å². The summed E-state index contributed by atoms with van der Waals surface area (Å²) in [5.41, 5.74) is 8.02. The van der Waals surface area contributed by atoms with Crippen LogP contribution >= 0.6 is 45.5 Å². The Morgan fingerprint density at radius 3 is 1.10 bits per heavy atom. The minimum Gasteiger partial charge on any atom is -0.383 e. The SMILES string of the molecule is COC[C@H]1CCCN1c1nc2n(n1)CCC(CC(=O)c1c(-c3nc(C(F)F)cs3)cnn1C)C2.Cc1csc(-c2cnn(C)c2C(=O)CC2CCn3nc(-c4ccccc4)nc3C2)n1.Cc1nsc(-c2cnn(C)c2C(=O)CC2CCn3nc(-c4ccccc4)nc3C2)n1.Cn1ncc(-c2nc(C(F)F)cs2)c1C(=O)CC1CCn2nc(-c3ccccc3)nc2C1. The summed E-state index contributed by atoms with van der Waals surface area (Å²) in [5.74, 6) is 8.11. The molecule has 0 saturated carbocycles. The van der Waals surface area contributed by atoms with E-state index in [1.165, 1.54) is 44.0 Å². The van der Waals surface area contributed by atoms with Crippen LogP contribution in [0, 0.1) is 37.5 Å². The Labute approximate surface area is 737 Å². The lowest BCUT2D eigenvalue weighted by Gasteiger charge is -2.22. The van der Waals surface area contributed by atoms with Gasteiger partial charge in [0.25, 0.3) is 12.9 Å². The van der Waals surface area contributed by atoms with Crippen LogP contribution in [0.2, 0.25) is 0 Å². The van der Waals surface area contributed by atoms with E-state index in [4.69, 9.17) is 24.8 Å². The van der Waals surface area contributed by atoms with E-state index in [0.717, 1.165) is 178 Å². The van der Waals surface area contributed by atoms with Crippen molar-refractivity contribution >= 4 is 74.6 Å². The molecule has 1 fully saturated rings. The maximum atomic E-state index is 13.3. The standard InChI is InChI=1S/C22H27F2N7O2S.C22H20F2N6OS.C22H22N6OS.C21H21N7OS/c1-29-19(15(10-25-29)21-26-16(12-34-21)20(23)24)17(32)8-13-5-7-31-18(9-13)27-22(28-31)30-6-3-4-14(30)11-33-2;1-29-19(15(11-25-29)22-26-16(12-32-22)20(23)24)17(31)9-13-7-8-30-18(10-13)27-21(28-30)14-5-3-2-4-6-14;1-14-13-30-22(24-14)17-12-23-27(2)20(17)18(29)10-15-8-9-28-19(11-15)25-21(26-28)16-6-4-3-5-7-16;1-13-23-21(30-26-13)16-12-22-27(2)19(16)17(29)10-14-8-9-28-18(11-14)24-20(25-28)15-6-4-3-5-7-15/h10,12-14,20H,3-9,11H2,1-2H3;2-6,11-13,20H,7-10H2,1H3;3-7,12-13,15H,8-11H2,1-2H3;3-7,12,14H,8-11H2,1-2H3/t13?,14-;;;/m1.../s1. The number of ketones is 4. The van der Waals surface area contributed by atoms with Crippen LogP contribution in [0.4, 0.5) is 23.5 Å². The number of aryl methyl sites for hydroxylation is 10. The number of carbonyl (C=O) groups is 4. The van der Waals surface area contributed by atoms with Gasteiger partial charge in [-0.3, -0.25) is 37.9 Å². The first-order valence-electron chi connectivity index (χ1n) is 41.7. The minimum absolute atomic E-state index is 0.0679. The monoisotopic (exact) mass is 1780 g/mol. The number of nitrogens with zero attached hydrogens (tertiary/aromatic N) is 26. The number of anilines is 1. The summed E-state index contributed by atoms with van der Waals surface area (Å²) >= 11 is 5.04. The normalized spacial score (nSPS) is 17.1. The number of hydrogen-bond donors (Lipinski definition) is 0. The molecule has 17 heterocycles. The van der Waals surface area contributed by atoms with Crippen molar-refractivity contribution in [2.45, 2.75) is 149 Å². The van der Waals surface area contributed by atoms with Crippen LogP contribution in [0.15, 0.2) is 132 Å². The fourth-order valence-corrected chi connectivity index (χ4v) is 20.0. The average Bonchev–Trinajstić information content (AvgIpc) is 1.66. The van der Waals surface area contributed by atoms with Crippen LogP contribution in [0.1, 0.15) is 165 Å². The first kappa shape index (κ1) is 85.8. The second-order valence-electron chi connectivity index (χ2n) is 32.1. The minimum atomic E-state index is -2.64. The van der Waals surface area contributed by atoms with Crippen LogP contribution in [0.3, 0.4) is 0 Å². The number of methoxy groups -OCH3 is 1. The van der Waals surface area contributed by atoms with Gasteiger partial charge < -0.3 is 9.64 Å². The number of aromatic nitrogens is 25. The van der Waals surface area contributed by atoms with E-state index >= 15 is 0 Å². The Kier molecular flexibility index (Phi) is 25.8. The highest BCUT2D eigenvalue weighted by Gasteiger charge is 2.36. The fourth-order valence-electron chi connectivity index (χ4n) is 16.9. The Bertz CT molecular complexity index is 6180. The molecule has 0 spiro atoms. The molecule has 0 radical (unpaired) electrons. The molecule has 0 amide bonds. The zero-order valence-electron chi connectivity index (χ0n) is 70.2. The van der Waals surface area contributed by atoms with Crippen LogP contribution in [0.5, 0.6) is 0 Å². The van der Waals surface area contributed by atoms with E-state index in [1.807, 2.05) is 136 Å². The molecule has 0 bridgehead atoms. The molecule has 0 N–H and O–H groups in total. The smallest absolute Gasteiger partial charge is 0.281 e. The zero-order chi connectivity index (χ0) is 87.4. The predicted molar refractivity (Wildman–Crippen MR) is 466 cm³/mol. The van der Waals surface area contributed by atoms with Crippen molar-refractivity contribution in [3.05, 3.63) is 201 Å². The summed E-state index contributed by atoms with van der Waals surface area (Å²) in [7, 11) is 8.70. The summed E-state index contributed by atoms with van der Waals surface area (Å²) in [6.45, 7) is 8.37. The van der Waals surface area contributed by atoms with E-state index < -0.39 is 12.9 Å². The van der Waals surface area contributed by atoms with Gasteiger partial charge in [0.2, 0.25) is 5.95 Å². The highest BCUT2D eigenvalue weighted by molar-refractivity contribution is 7.14. The van der Waals surface area contributed by atoms with Gasteiger partial charge in [-0.05, 0) is 87.6 Å². The molecular formula is C87H90F4N26O5S4. The molecule has 1 saturated heterocycles. The van der Waals surface area contributed by atoms with Crippen molar-refractivity contribution in [3.8, 4) is 76.4 Å². The molecule has 5 aliphatic heterocycles. The van der Waals surface area contributed by atoms with Gasteiger partial charge in [-0.1, -0.05) is 91.0 Å². The van der Waals surface area contributed by atoms with Gasteiger partial charge in [0.05, 0.1) is 59.7 Å². The molecule has 126 heavy (non-hydrogen) atoms. The van der Waals surface area contributed by atoms with Gasteiger partial charge in [0, 0.05) is 158 Å². The predicted octanol–water partition coefficient (Wildman–Crippen LogP) is 15.4. The molecule has 4 unspecified atom stereocenters. The lowest BCUT2D eigenvalue weighted by molar-refractivity contribution is 0.0935. The molecule has 0 aliphatic carbocycles. The number of halogens is 4. The lowest BCUT2D eigenvalue weighted by atomic mass is 9.91. The molecule has 31 nitrogen and oxygen atoms in total. The second kappa shape index (κ2) is 37.8. The van der Waals surface area contributed by atoms with Crippen molar-refractivity contribution in [2.75, 3.05) is 25.2 Å². The first-order valence-corrected chi connectivity index (χ1v) is 45.1. The van der Waals surface area contributed by atoms with Crippen molar-refractivity contribution in [3.63, 3.8) is 0 Å². The van der Waals surface area contributed by atoms with Gasteiger partial charge in [0.1, 0.15) is 83.3 Å². The van der Waals surface area contributed by atoms with Crippen LogP contribution in [-0.4, -0.2) is 172 Å². The molecule has 5 atom stereocenters. The van der Waals surface area contributed by atoms with Gasteiger partial charge in [0.15, 0.2) is 40.6 Å². The van der Waals surface area contributed by atoms with Crippen LogP contribution in [-0.2, 0) is 84.8 Å². The highest BCUT2D eigenvalue weighted by atomic mass is 32.1. The average molecular weight is 1780 g/mol. The number of alkyl halides is 4. The summed E-state index contributed by atoms with van der Waals surface area (Å²) in [6, 6.07) is 30.1. The summed E-state index contributed by atoms with van der Waals surface area (Å²) in [4.78, 5) is 91.0. The molecule has 5 aliphatic rings. The summed E-state index contributed by atoms with van der Waals surface area (Å²) < 4.78 is 75.6. The van der Waals surface area contributed by atoms with E-state index in [2.05, 4.69) is 69.9 Å². The number of ether oxygens (including phenoxy) is 1. The van der Waals surface area contributed by atoms with E-state index in [1.54, 1.807) is 61.3 Å². The molecule has 39 heteroatoms. The van der Waals surface area contributed by atoms with Crippen molar-refractivity contribution < 1.29 is 41.5 Å². The Hall–Kier alpha value is -12.3. The number of carbonyl (C=O) groups excluding carboxylic acids is 4. The number of Topliss-reactive ketones (excluding diaryl/α,β-unsaturated/α-hetero) is 4. The number of hydrogen-bond acceptors (Lipinski definition) is 27. The topological polar surface area (TPSA) is 339 Å². The Morgan fingerprint density at radius 2 is 0.770 bits per heavy atom. The molecule has 12 aromatic heterocycles. The quantitative estimate of drug-likeness (QED) is 0.0400. The van der Waals surface area contributed by atoms with Crippen LogP contribution in [0.25, 0.3) is 76.4 Å². The Balaban J connectivity index is 0.000000119. The van der Waals surface area contributed by atoms with Gasteiger partial charge in [-0.15, -0.1) is 39.1 Å². The highest BCUT2D eigenvalue weighted by Crippen LogP contribution is 2.39. The maximum Gasteiger partial charge on any atom is 0.281 e. The van der Waals surface area contributed by atoms with E-state index in [9.17, 15) is 36.7 Å². The third kappa shape index (κ3) is 18.9. The second-order valence-corrected chi connectivity index (χ2v) is 35.4. The van der Waals surface area contributed by atoms with Crippen LogP contribution < -0.4 is 4.90 Å². The number of rotatable bonds is 24. The summed E-state index contributed by atoms with van der Waals surface area (Å²) in [6.07, 6.45) is 11.3. The van der Waals surface area contributed by atoms with Gasteiger partial charge in [-0.2, -0.15) is 45.0 Å². The molecule has 15 aromatic rings. The first-order chi connectivity index (χ1) is 61.1. The zero-order valence-corrected chi connectivity index (χ0v) is 73.5. The molecule has 650 valence electrons. The number of fused-ring (bicyclic) bond motifs is 4. The van der Waals surface area contributed by atoms with Gasteiger partial charge >= 0.3 is 0 Å². The third-order valence-corrected chi connectivity index (χ3v) is 26.8.